The lowest BCUT2D eigenvalue weighted by atomic mass is 10.1. The Morgan fingerprint density at radius 1 is 1.36 bits per heavy atom. The Morgan fingerprint density at radius 3 is 2.91 bits per heavy atom. The van der Waals surface area contributed by atoms with Crippen LogP contribution < -0.4 is 0 Å². The summed E-state index contributed by atoms with van der Waals surface area (Å²) in [5, 5.41) is 1.85. The minimum absolute atomic E-state index is 0.00767. The van der Waals surface area contributed by atoms with Crippen LogP contribution in [0.1, 0.15) is 28.9 Å². The van der Waals surface area contributed by atoms with Crippen LogP contribution in [-0.2, 0) is 10.0 Å². The average Bonchev–Trinajstić information content (AvgIpc) is 3.19. The van der Waals surface area contributed by atoms with Gasteiger partial charge in [0.2, 0.25) is 10.0 Å². The molecule has 0 saturated carbocycles. The summed E-state index contributed by atoms with van der Waals surface area (Å²) >= 11 is 1.39. The summed E-state index contributed by atoms with van der Waals surface area (Å²) in [6.07, 6.45) is 4.63. The van der Waals surface area contributed by atoms with Crippen molar-refractivity contribution in [3.63, 3.8) is 0 Å². The molecule has 5 nitrogen and oxygen atoms in total. The van der Waals surface area contributed by atoms with Crippen molar-refractivity contribution in [3.05, 3.63) is 46.9 Å². The highest BCUT2D eigenvalue weighted by Gasteiger charge is 2.36. The number of aromatic nitrogens is 1. The van der Waals surface area contributed by atoms with Crippen molar-refractivity contribution < 1.29 is 13.2 Å². The van der Waals surface area contributed by atoms with Gasteiger partial charge in [0.1, 0.15) is 4.90 Å². The van der Waals surface area contributed by atoms with Gasteiger partial charge < -0.3 is 0 Å². The van der Waals surface area contributed by atoms with Gasteiger partial charge in [0.05, 0.1) is 4.88 Å². The molecule has 1 aliphatic heterocycles. The molecule has 0 radical (unpaired) electrons. The van der Waals surface area contributed by atoms with Crippen molar-refractivity contribution in [1.29, 1.82) is 0 Å². The summed E-state index contributed by atoms with van der Waals surface area (Å²) < 4.78 is 26.8. The van der Waals surface area contributed by atoms with Gasteiger partial charge in [0, 0.05) is 31.4 Å². The lowest BCUT2D eigenvalue weighted by Crippen LogP contribution is -2.36. The highest BCUT2D eigenvalue weighted by Crippen LogP contribution is 2.28. The number of hydrogen-bond donors (Lipinski definition) is 0. The van der Waals surface area contributed by atoms with E-state index in [4.69, 9.17) is 0 Å². The highest BCUT2D eigenvalue weighted by atomic mass is 32.2. The van der Waals surface area contributed by atoms with E-state index in [1.807, 2.05) is 11.4 Å². The molecule has 0 N–H and O–H groups in total. The Hall–Kier alpha value is -1.57. The van der Waals surface area contributed by atoms with Gasteiger partial charge in [-0.1, -0.05) is 6.07 Å². The minimum atomic E-state index is -3.58. The van der Waals surface area contributed by atoms with E-state index >= 15 is 0 Å². The van der Waals surface area contributed by atoms with Crippen LogP contribution in [0.25, 0.3) is 0 Å². The van der Waals surface area contributed by atoms with Crippen molar-refractivity contribution in [3.8, 4) is 0 Å². The topological polar surface area (TPSA) is 67.3 Å². The number of ketones is 1. The third-order valence-electron chi connectivity index (χ3n) is 3.78. The van der Waals surface area contributed by atoms with Crippen LogP contribution in [-0.4, -0.2) is 36.1 Å². The summed E-state index contributed by atoms with van der Waals surface area (Å²) in [5.74, 6) is 0.00767. The van der Waals surface area contributed by atoms with Gasteiger partial charge in [0.15, 0.2) is 5.78 Å². The Morgan fingerprint density at radius 2 is 2.23 bits per heavy atom. The van der Waals surface area contributed by atoms with Crippen molar-refractivity contribution in [2.75, 3.05) is 6.54 Å². The second kappa shape index (κ2) is 6.28. The summed E-state index contributed by atoms with van der Waals surface area (Å²) in [6, 6.07) is 6.49. The van der Waals surface area contributed by atoms with Crippen LogP contribution in [0.5, 0.6) is 0 Å². The first-order valence-electron chi connectivity index (χ1n) is 7.07. The van der Waals surface area contributed by atoms with E-state index in [0.717, 1.165) is 12.8 Å². The molecule has 3 rings (SSSR count). The standard InChI is InChI=1S/C15H16N2O3S2/c18-14(15-6-3-9-21-15)10-12-4-2-8-17(12)22(19,20)13-5-1-7-16-11-13/h1,3,5-7,9,11-12H,2,4,8,10H2/t12-/m0/s1. The molecule has 1 saturated heterocycles. The molecule has 0 spiro atoms. The van der Waals surface area contributed by atoms with E-state index in [0.29, 0.717) is 11.4 Å². The maximum Gasteiger partial charge on any atom is 0.244 e. The van der Waals surface area contributed by atoms with Gasteiger partial charge in [-0.3, -0.25) is 9.78 Å². The Balaban J connectivity index is 1.80. The van der Waals surface area contributed by atoms with Gasteiger partial charge >= 0.3 is 0 Å². The molecule has 116 valence electrons. The molecular formula is C15H16N2O3S2. The molecule has 3 heterocycles. The van der Waals surface area contributed by atoms with E-state index < -0.39 is 10.0 Å². The van der Waals surface area contributed by atoms with Crippen molar-refractivity contribution in [2.24, 2.45) is 0 Å². The third-order valence-corrected chi connectivity index (χ3v) is 6.63. The molecule has 0 aromatic carbocycles. The number of carbonyl (C=O) groups excluding carboxylic acids is 1. The summed E-state index contributed by atoms with van der Waals surface area (Å²) in [5.41, 5.74) is 0. The fourth-order valence-corrected chi connectivity index (χ4v) is 5.05. The molecule has 1 fully saturated rings. The number of Topliss-reactive ketones (excluding diaryl/α,β-unsaturated/α-hetero) is 1. The number of nitrogens with zero attached hydrogens (tertiary/aromatic N) is 2. The molecule has 2 aromatic rings. The predicted molar refractivity (Wildman–Crippen MR) is 84.4 cm³/mol. The normalized spacial score (nSPS) is 19.4. The predicted octanol–water partition coefficient (Wildman–Crippen LogP) is 2.57. The van der Waals surface area contributed by atoms with Crippen molar-refractivity contribution >= 4 is 27.1 Å². The number of thiophene rings is 1. The number of carbonyl (C=O) groups is 1. The first kappa shape index (κ1) is 15.3. The van der Waals surface area contributed by atoms with Crippen LogP contribution in [0.3, 0.4) is 0 Å². The van der Waals surface area contributed by atoms with Crippen molar-refractivity contribution in [2.45, 2.75) is 30.2 Å². The fourth-order valence-electron chi connectivity index (χ4n) is 2.72. The largest absolute Gasteiger partial charge is 0.293 e. The van der Waals surface area contributed by atoms with Crippen LogP contribution in [0.4, 0.5) is 0 Å². The van der Waals surface area contributed by atoms with Crippen LogP contribution in [0.2, 0.25) is 0 Å². The van der Waals surface area contributed by atoms with Gasteiger partial charge in [-0.15, -0.1) is 11.3 Å². The van der Waals surface area contributed by atoms with E-state index in [-0.39, 0.29) is 23.1 Å². The van der Waals surface area contributed by atoms with Crippen molar-refractivity contribution in [1.82, 2.24) is 9.29 Å². The number of hydrogen-bond acceptors (Lipinski definition) is 5. The molecule has 0 aliphatic carbocycles. The SMILES string of the molecule is O=C(C[C@@H]1CCCN1S(=O)(=O)c1cccnc1)c1cccs1. The molecule has 22 heavy (non-hydrogen) atoms. The van der Waals surface area contributed by atoms with Gasteiger partial charge in [-0.25, -0.2) is 8.42 Å². The number of sulfonamides is 1. The van der Waals surface area contributed by atoms with E-state index in [2.05, 4.69) is 4.98 Å². The molecule has 1 atom stereocenters. The van der Waals surface area contributed by atoms with E-state index in [1.165, 1.54) is 21.8 Å². The lowest BCUT2D eigenvalue weighted by molar-refractivity contribution is 0.0965. The molecule has 0 amide bonds. The minimum Gasteiger partial charge on any atom is -0.293 e. The van der Waals surface area contributed by atoms with E-state index in [1.54, 1.807) is 24.4 Å². The maximum absolute atomic E-state index is 12.7. The molecule has 0 bridgehead atoms. The summed E-state index contributed by atoms with van der Waals surface area (Å²) in [7, 11) is -3.58. The first-order valence-corrected chi connectivity index (χ1v) is 9.39. The lowest BCUT2D eigenvalue weighted by Gasteiger charge is -2.23. The zero-order valence-electron chi connectivity index (χ0n) is 11.9. The zero-order chi connectivity index (χ0) is 15.6. The average molecular weight is 336 g/mol. The third kappa shape index (κ3) is 2.97. The Kier molecular flexibility index (Phi) is 4.37. The Labute approximate surface area is 133 Å². The molecule has 2 aromatic heterocycles. The van der Waals surface area contributed by atoms with Gasteiger partial charge in [-0.2, -0.15) is 4.31 Å². The van der Waals surface area contributed by atoms with Gasteiger partial charge in [-0.05, 0) is 36.4 Å². The van der Waals surface area contributed by atoms with E-state index in [9.17, 15) is 13.2 Å². The van der Waals surface area contributed by atoms with Crippen LogP contribution >= 0.6 is 11.3 Å². The first-order chi connectivity index (χ1) is 10.6. The maximum atomic E-state index is 12.7. The smallest absolute Gasteiger partial charge is 0.244 e. The molecule has 7 heteroatoms. The second-order valence-electron chi connectivity index (χ2n) is 5.21. The van der Waals surface area contributed by atoms with Crippen LogP contribution in [0.15, 0.2) is 46.9 Å². The number of pyridine rings is 1. The zero-order valence-corrected chi connectivity index (χ0v) is 13.5. The fraction of sp³-hybridized carbons (Fsp3) is 0.333. The molecule has 1 aliphatic rings. The number of rotatable bonds is 5. The Bertz CT molecular complexity index is 742. The molecular weight excluding hydrogens is 320 g/mol. The summed E-state index contributed by atoms with van der Waals surface area (Å²) in [6.45, 7) is 0.458. The monoisotopic (exact) mass is 336 g/mol. The quantitative estimate of drug-likeness (QED) is 0.787. The highest BCUT2D eigenvalue weighted by molar-refractivity contribution is 7.89. The molecule has 0 unspecified atom stereocenters. The summed E-state index contributed by atoms with van der Waals surface area (Å²) in [4.78, 5) is 17.0. The van der Waals surface area contributed by atoms with Gasteiger partial charge in [0.25, 0.3) is 0 Å². The second-order valence-corrected chi connectivity index (χ2v) is 8.04. The van der Waals surface area contributed by atoms with Crippen LogP contribution in [0, 0.1) is 0 Å².